The van der Waals surface area contributed by atoms with Crippen LogP contribution in [0.2, 0.25) is 0 Å². The lowest BCUT2D eigenvalue weighted by molar-refractivity contribution is -0.160. The van der Waals surface area contributed by atoms with Gasteiger partial charge in [0.25, 0.3) is 0 Å². The van der Waals surface area contributed by atoms with Crippen LogP contribution in [0.1, 0.15) is 44.1 Å². The molecule has 21 heavy (non-hydrogen) atoms. The fraction of sp³-hybridized carbons (Fsp3) is 0.588. The van der Waals surface area contributed by atoms with Crippen molar-refractivity contribution in [1.29, 1.82) is 0 Å². The van der Waals surface area contributed by atoms with Crippen LogP contribution in [0.4, 0.5) is 0 Å². The third-order valence-electron chi connectivity index (χ3n) is 4.40. The Hall–Kier alpha value is -1.55. The molecule has 0 bridgehead atoms. The molecule has 0 radical (unpaired) electrons. The number of hydrogen-bond donors (Lipinski definition) is 2. The van der Waals surface area contributed by atoms with Crippen LogP contribution in [0.3, 0.4) is 0 Å². The molecule has 1 aromatic rings. The van der Waals surface area contributed by atoms with Gasteiger partial charge >= 0.3 is 5.97 Å². The maximum atomic E-state index is 11.5. The quantitative estimate of drug-likeness (QED) is 0.845. The molecule has 1 aromatic carbocycles. The summed E-state index contributed by atoms with van der Waals surface area (Å²) in [5.41, 5.74) is -0.854. The van der Waals surface area contributed by atoms with Crippen molar-refractivity contribution < 1.29 is 19.7 Å². The first-order valence-electron chi connectivity index (χ1n) is 7.62. The summed E-state index contributed by atoms with van der Waals surface area (Å²) in [6, 6.07) is 7.21. The molecule has 4 heteroatoms. The predicted molar refractivity (Wildman–Crippen MR) is 80.5 cm³/mol. The molecule has 4 nitrogen and oxygen atoms in total. The van der Waals surface area contributed by atoms with Crippen LogP contribution in [-0.4, -0.2) is 28.9 Å². The van der Waals surface area contributed by atoms with E-state index >= 15 is 0 Å². The van der Waals surface area contributed by atoms with Crippen LogP contribution in [-0.2, 0) is 11.2 Å². The van der Waals surface area contributed by atoms with Crippen molar-refractivity contribution in [1.82, 2.24) is 0 Å². The molecule has 1 fully saturated rings. The van der Waals surface area contributed by atoms with E-state index in [1.54, 1.807) is 19.2 Å². The summed E-state index contributed by atoms with van der Waals surface area (Å²) in [6.45, 7) is 0. The van der Waals surface area contributed by atoms with E-state index in [2.05, 4.69) is 0 Å². The molecular weight excluding hydrogens is 268 g/mol. The van der Waals surface area contributed by atoms with Crippen LogP contribution in [0.15, 0.2) is 24.3 Å². The Morgan fingerprint density at radius 2 is 1.86 bits per heavy atom. The maximum Gasteiger partial charge on any atom is 0.336 e. The number of carbonyl (C=O) groups is 1. The van der Waals surface area contributed by atoms with Crippen LogP contribution in [0.25, 0.3) is 0 Å². The molecule has 116 valence electrons. The Balaban J connectivity index is 2.07. The Kier molecular flexibility index (Phi) is 5.23. The molecule has 1 aliphatic rings. The first kappa shape index (κ1) is 15.8. The highest BCUT2D eigenvalue weighted by Crippen LogP contribution is 2.32. The second kappa shape index (κ2) is 6.94. The molecule has 1 atom stereocenters. The summed E-state index contributed by atoms with van der Waals surface area (Å²) in [4.78, 5) is 11.5. The monoisotopic (exact) mass is 292 g/mol. The zero-order valence-corrected chi connectivity index (χ0v) is 12.5. The number of carboxylic acids is 1. The average Bonchev–Trinajstić information content (AvgIpc) is 2.49. The van der Waals surface area contributed by atoms with Crippen molar-refractivity contribution in [3.8, 4) is 5.75 Å². The number of ether oxygens (including phenoxy) is 1. The Bertz CT molecular complexity index is 462. The van der Waals surface area contributed by atoms with Crippen molar-refractivity contribution >= 4 is 5.97 Å². The number of carboxylic acid groups (broad SMARTS) is 1. The number of benzene rings is 1. The van der Waals surface area contributed by atoms with Crippen LogP contribution in [0.5, 0.6) is 5.75 Å². The second-order valence-corrected chi connectivity index (χ2v) is 6.07. The van der Waals surface area contributed by atoms with Crippen LogP contribution < -0.4 is 4.74 Å². The van der Waals surface area contributed by atoms with E-state index < -0.39 is 11.6 Å². The number of methoxy groups -OCH3 is 1. The fourth-order valence-electron chi connectivity index (χ4n) is 3.18. The Morgan fingerprint density at radius 1 is 1.24 bits per heavy atom. The average molecular weight is 292 g/mol. The van der Waals surface area contributed by atoms with E-state index in [-0.39, 0.29) is 6.42 Å². The van der Waals surface area contributed by atoms with Crippen molar-refractivity contribution in [2.45, 2.75) is 50.5 Å². The van der Waals surface area contributed by atoms with Gasteiger partial charge < -0.3 is 14.9 Å². The Labute approximate surface area is 125 Å². The number of hydrogen-bond acceptors (Lipinski definition) is 3. The SMILES string of the molecule is COc1ccc(C[C@](O)(CC2CCCCC2)C(=O)O)cc1. The van der Waals surface area contributed by atoms with Gasteiger partial charge in [0.2, 0.25) is 0 Å². The van der Waals surface area contributed by atoms with E-state index in [9.17, 15) is 15.0 Å². The van der Waals surface area contributed by atoms with E-state index in [1.165, 1.54) is 6.42 Å². The lowest BCUT2D eigenvalue weighted by Gasteiger charge is -2.30. The van der Waals surface area contributed by atoms with Crippen molar-refractivity contribution in [3.05, 3.63) is 29.8 Å². The highest BCUT2D eigenvalue weighted by atomic mass is 16.5. The molecule has 1 saturated carbocycles. The van der Waals surface area contributed by atoms with E-state index in [1.807, 2.05) is 12.1 Å². The normalized spacial score (nSPS) is 19.0. The number of rotatable bonds is 6. The van der Waals surface area contributed by atoms with Crippen molar-refractivity contribution in [2.75, 3.05) is 7.11 Å². The van der Waals surface area contributed by atoms with Gasteiger partial charge in [-0.3, -0.25) is 0 Å². The summed E-state index contributed by atoms with van der Waals surface area (Å²) in [5, 5.41) is 20.0. The maximum absolute atomic E-state index is 11.5. The fourth-order valence-corrected chi connectivity index (χ4v) is 3.18. The lowest BCUT2D eigenvalue weighted by atomic mass is 9.78. The third kappa shape index (κ3) is 4.21. The van der Waals surface area contributed by atoms with Gasteiger partial charge in [0.1, 0.15) is 5.75 Å². The highest BCUT2D eigenvalue weighted by molar-refractivity contribution is 5.77. The first-order chi connectivity index (χ1) is 10.0. The molecule has 1 aliphatic carbocycles. The van der Waals surface area contributed by atoms with E-state index in [0.29, 0.717) is 12.3 Å². The molecule has 0 heterocycles. The van der Waals surface area contributed by atoms with Gasteiger partial charge in [-0.1, -0.05) is 44.2 Å². The molecule has 0 amide bonds. The van der Waals surface area contributed by atoms with E-state index in [4.69, 9.17) is 4.74 Å². The molecule has 0 saturated heterocycles. The topological polar surface area (TPSA) is 66.8 Å². The summed E-state index contributed by atoms with van der Waals surface area (Å²) < 4.78 is 5.09. The first-order valence-corrected chi connectivity index (χ1v) is 7.62. The number of aliphatic carboxylic acids is 1. The smallest absolute Gasteiger partial charge is 0.336 e. The minimum atomic E-state index is -1.67. The van der Waals surface area contributed by atoms with Gasteiger partial charge in [0.05, 0.1) is 7.11 Å². The zero-order chi connectivity index (χ0) is 15.3. The molecule has 0 aromatic heterocycles. The second-order valence-electron chi connectivity index (χ2n) is 6.07. The Morgan fingerprint density at radius 3 is 2.38 bits per heavy atom. The van der Waals surface area contributed by atoms with Crippen molar-refractivity contribution in [2.24, 2.45) is 5.92 Å². The van der Waals surface area contributed by atoms with Crippen LogP contribution in [0, 0.1) is 5.92 Å². The van der Waals surface area contributed by atoms with Gasteiger partial charge in [-0.25, -0.2) is 4.79 Å². The third-order valence-corrected chi connectivity index (χ3v) is 4.40. The molecular formula is C17H24O4. The molecule has 0 unspecified atom stereocenters. The summed E-state index contributed by atoms with van der Waals surface area (Å²) >= 11 is 0. The molecule has 2 N–H and O–H groups in total. The minimum absolute atomic E-state index is 0.142. The van der Waals surface area contributed by atoms with Gasteiger partial charge in [0, 0.05) is 6.42 Å². The van der Waals surface area contributed by atoms with Gasteiger partial charge in [0.15, 0.2) is 5.60 Å². The zero-order valence-electron chi connectivity index (χ0n) is 12.5. The van der Waals surface area contributed by atoms with Gasteiger partial charge in [-0.2, -0.15) is 0 Å². The number of aliphatic hydroxyl groups is 1. The molecule has 2 rings (SSSR count). The summed E-state index contributed by atoms with van der Waals surface area (Å²) in [6.07, 6.45) is 6.04. The lowest BCUT2D eigenvalue weighted by Crippen LogP contribution is -2.43. The molecule has 0 spiro atoms. The molecule has 0 aliphatic heterocycles. The predicted octanol–water partition coefficient (Wildman–Crippen LogP) is 3.02. The summed E-state index contributed by atoms with van der Waals surface area (Å²) in [5.74, 6) is -0.0770. The van der Waals surface area contributed by atoms with Crippen molar-refractivity contribution in [3.63, 3.8) is 0 Å². The van der Waals surface area contributed by atoms with Gasteiger partial charge in [-0.05, 0) is 30.0 Å². The standard InChI is InChI=1S/C17H24O4/c1-21-15-9-7-14(8-10-15)12-17(20,16(18)19)11-13-5-3-2-4-6-13/h7-10,13,20H,2-6,11-12H2,1H3,(H,18,19)/t17-/m1/s1. The summed E-state index contributed by atoms with van der Waals surface area (Å²) in [7, 11) is 1.59. The van der Waals surface area contributed by atoms with E-state index in [0.717, 1.165) is 37.0 Å². The largest absolute Gasteiger partial charge is 0.497 e. The van der Waals surface area contributed by atoms with Crippen LogP contribution >= 0.6 is 0 Å². The minimum Gasteiger partial charge on any atom is -0.497 e. The highest BCUT2D eigenvalue weighted by Gasteiger charge is 2.38. The van der Waals surface area contributed by atoms with Gasteiger partial charge in [-0.15, -0.1) is 0 Å².